The van der Waals surface area contributed by atoms with Crippen molar-refractivity contribution in [2.75, 3.05) is 19.8 Å². The molecule has 192 valence electrons. The number of piperidine rings is 1. The number of rotatable bonds is 10. The Balaban J connectivity index is 1.30. The smallest absolute Gasteiger partial charge is 0.139 e. The van der Waals surface area contributed by atoms with Crippen LogP contribution in [0.4, 0.5) is 4.39 Å². The molecule has 0 saturated carbocycles. The lowest BCUT2D eigenvalue weighted by Gasteiger charge is -2.33. The number of nitrogens with zero attached hydrogens (tertiary/aromatic N) is 2. The van der Waals surface area contributed by atoms with Gasteiger partial charge < -0.3 is 14.8 Å². The Bertz CT molecular complexity index is 1000. The zero-order valence-electron chi connectivity index (χ0n) is 21.9. The number of nitrogens with one attached hydrogen (secondary N) is 1. The van der Waals surface area contributed by atoms with Crippen LogP contribution in [0.25, 0.3) is 5.57 Å². The monoisotopic (exact) mass is 499 g/mol. The minimum Gasteiger partial charge on any atom is -0.376 e. The molecular formula is C28H42FN3O2Si. The molecule has 0 amide bonds. The van der Waals surface area contributed by atoms with Gasteiger partial charge in [0, 0.05) is 32.8 Å². The summed E-state index contributed by atoms with van der Waals surface area (Å²) in [5.74, 6) is 0.182. The van der Waals surface area contributed by atoms with Crippen LogP contribution in [0.1, 0.15) is 54.8 Å². The molecule has 1 aliphatic carbocycles. The molecule has 5 nitrogen and oxygen atoms in total. The third-order valence-electron chi connectivity index (χ3n) is 7.21. The van der Waals surface area contributed by atoms with E-state index in [-0.39, 0.29) is 18.0 Å². The van der Waals surface area contributed by atoms with E-state index in [1.165, 1.54) is 28.9 Å². The number of aromatic nitrogens is 2. The zero-order chi connectivity index (χ0) is 24.8. The second kappa shape index (κ2) is 12.0. The maximum atomic E-state index is 13.6. The molecule has 35 heavy (non-hydrogen) atoms. The van der Waals surface area contributed by atoms with Crippen molar-refractivity contribution in [2.24, 2.45) is 0 Å². The number of allylic oxidation sites excluding steroid dienone is 1. The highest BCUT2D eigenvalue weighted by atomic mass is 28.3. The molecular weight excluding hydrogens is 457 g/mol. The predicted molar refractivity (Wildman–Crippen MR) is 143 cm³/mol. The van der Waals surface area contributed by atoms with Crippen molar-refractivity contribution in [3.8, 4) is 0 Å². The van der Waals surface area contributed by atoms with E-state index in [2.05, 4.69) is 44.2 Å². The highest BCUT2D eigenvalue weighted by molar-refractivity contribution is 6.76. The molecule has 2 heterocycles. The van der Waals surface area contributed by atoms with Gasteiger partial charge in [0.15, 0.2) is 0 Å². The van der Waals surface area contributed by atoms with Crippen LogP contribution in [0.3, 0.4) is 0 Å². The molecule has 1 aliphatic heterocycles. The van der Waals surface area contributed by atoms with Crippen molar-refractivity contribution in [1.82, 2.24) is 15.1 Å². The Kier molecular flexibility index (Phi) is 8.97. The number of hydrogen-bond acceptors (Lipinski definition) is 4. The number of hydrogen-bond donors (Lipinski definition) is 1. The summed E-state index contributed by atoms with van der Waals surface area (Å²) in [5, 5.41) is 8.63. The van der Waals surface area contributed by atoms with Gasteiger partial charge in [-0.3, -0.25) is 0 Å². The molecule has 3 unspecified atom stereocenters. The first-order valence-corrected chi connectivity index (χ1v) is 16.9. The van der Waals surface area contributed by atoms with E-state index >= 15 is 0 Å². The first kappa shape index (κ1) is 26.3. The van der Waals surface area contributed by atoms with E-state index < -0.39 is 8.07 Å². The minimum atomic E-state index is -1.08. The van der Waals surface area contributed by atoms with Crippen LogP contribution in [-0.2, 0) is 16.2 Å². The predicted octanol–water partition coefficient (Wildman–Crippen LogP) is 6.13. The zero-order valence-corrected chi connectivity index (χ0v) is 22.9. The number of ether oxygens (including phenoxy) is 2. The summed E-state index contributed by atoms with van der Waals surface area (Å²) in [5.41, 5.74) is 4.63. The van der Waals surface area contributed by atoms with Gasteiger partial charge in [-0.1, -0.05) is 37.8 Å². The van der Waals surface area contributed by atoms with Gasteiger partial charge in [0.25, 0.3) is 0 Å². The van der Waals surface area contributed by atoms with E-state index in [0.29, 0.717) is 19.3 Å². The topological polar surface area (TPSA) is 48.3 Å². The summed E-state index contributed by atoms with van der Waals surface area (Å²) in [6.45, 7) is 12.3. The third-order valence-corrected chi connectivity index (χ3v) is 8.91. The van der Waals surface area contributed by atoms with Gasteiger partial charge in [-0.15, -0.1) is 0 Å². The molecule has 1 aromatic carbocycles. The molecule has 0 spiro atoms. The lowest BCUT2D eigenvalue weighted by molar-refractivity contribution is 0.0248. The van der Waals surface area contributed by atoms with Gasteiger partial charge in [0.1, 0.15) is 12.5 Å². The molecule has 0 bridgehead atoms. The largest absolute Gasteiger partial charge is 0.376 e. The second-order valence-corrected chi connectivity index (χ2v) is 17.0. The van der Waals surface area contributed by atoms with Gasteiger partial charge in [-0.05, 0) is 80.4 Å². The van der Waals surface area contributed by atoms with Crippen LogP contribution in [0.15, 0.2) is 36.5 Å². The van der Waals surface area contributed by atoms with Gasteiger partial charge in [-0.2, -0.15) is 5.10 Å². The molecule has 7 heteroatoms. The molecule has 1 saturated heterocycles. The Morgan fingerprint density at radius 1 is 1.23 bits per heavy atom. The quantitative estimate of drug-likeness (QED) is 0.315. The third kappa shape index (κ3) is 7.59. The van der Waals surface area contributed by atoms with Crippen molar-refractivity contribution in [3.05, 3.63) is 59.2 Å². The lowest BCUT2D eigenvalue weighted by Crippen LogP contribution is -2.44. The maximum Gasteiger partial charge on any atom is 0.139 e. The Labute approximate surface area is 211 Å². The molecule has 1 fully saturated rings. The fourth-order valence-electron chi connectivity index (χ4n) is 5.11. The highest BCUT2D eigenvalue weighted by Gasteiger charge is 2.30. The molecule has 2 aromatic rings. The van der Waals surface area contributed by atoms with E-state index in [4.69, 9.17) is 14.6 Å². The SMILES string of the molecule is Cc1cn(COCC[Si](C)(C)C)nc1C1CCCNC1COC1CC=C(c2cccc(F)c2)CC1. The Hall–Kier alpha value is -1.80. The number of aryl methyl sites for hydroxylation is 1. The van der Waals surface area contributed by atoms with Crippen molar-refractivity contribution in [1.29, 1.82) is 0 Å². The molecule has 4 rings (SSSR count). The van der Waals surface area contributed by atoms with Gasteiger partial charge >= 0.3 is 0 Å². The van der Waals surface area contributed by atoms with Crippen molar-refractivity contribution < 1.29 is 13.9 Å². The summed E-state index contributed by atoms with van der Waals surface area (Å²) in [4.78, 5) is 0. The molecule has 1 aromatic heterocycles. The van der Waals surface area contributed by atoms with E-state index in [1.54, 1.807) is 12.1 Å². The Morgan fingerprint density at radius 2 is 2.09 bits per heavy atom. The summed E-state index contributed by atoms with van der Waals surface area (Å²) in [6, 6.07) is 8.34. The van der Waals surface area contributed by atoms with Crippen molar-refractivity contribution >= 4 is 13.6 Å². The minimum absolute atomic E-state index is 0.174. The summed E-state index contributed by atoms with van der Waals surface area (Å²) in [7, 11) is -1.08. The standard InChI is InChI=1S/C28H42FN3O2Si/c1-21-18-32(20-33-15-16-35(2,3)4)31-28(21)26-9-6-14-30-27(26)19-34-25-12-10-22(11-13-25)23-7-5-8-24(29)17-23/h5,7-8,10,17-18,25-27,30H,6,9,11-16,19-20H2,1-4H3. The van der Waals surface area contributed by atoms with Gasteiger partial charge in [0.05, 0.1) is 18.4 Å². The summed E-state index contributed by atoms with van der Waals surface area (Å²) >= 11 is 0. The van der Waals surface area contributed by atoms with E-state index in [1.807, 2.05) is 10.7 Å². The van der Waals surface area contributed by atoms with Crippen LogP contribution in [0.2, 0.25) is 25.7 Å². The fourth-order valence-corrected chi connectivity index (χ4v) is 5.87. The van der Waals surface area contributed by atoms with Crippen LogP contribution in [-0.4, -0.2) is 49.8 Å². The average Bonchev–Trinajstić information content (AvgIpc) is 3.20. The lowest BCUT2D eigenvalue weighted by atomic mass is 9.87. The first-order valence-electron chi connectivity index (χ1n) is 13.2. The molecule has 3 atom stereocenters. The van der Waals surface area contributed by atoms with Gasteiger partial charge in [-0.25, -0.2) is 9.07 Å². The van der Waals surface area contributed by atoms with Crippen LogP contribution >= 0.6 is 0 Å². The molecule has 1 N–H and O–H groups in total. The second-order valence-electron chi connectivity index (χ2n) is 11.4. The van der Waals surface area contributed by atoms with Crippen LogP contribution in [0, 0.1) is 12.7 Å². The van der Waals surface area contributed by atoms with Crippen LogP contribution < -0.4 is 5.32 Å². The van der Waals surface area contributed by atoms with Crippen LogP contribution in [0.5, 0.6) is 0 Å². The highest BCUT2D eigenvalue weighted by Crippen LogP contribution is 2.32. The van der Waals surface area contributed by atoms with E-state index in [9.17, 15) is 4.39 Å². The normalized spacial score (nSPS) is 23.3. The van der Waals surface area contributed by atoms with Gasteiger partial charge in [0.2, 0.25) is 0 Å². The summed E-state index contributed by atoms with van der Waals surface area (Å²) < 4.78 is 27.9. The molecule has 2 aliphatic rings. The number of halogens is 1. The Morgan fingerprint density at radius 3 is 2.83 bits per heavy atom. The first-order chi connectivity index (χ1) is 16.8. The fraction of sp³-hybridized carbons (Fsp3) is 0.607. The number of benzene rings is 1. The summed E-state index contributed by atoms with van der Waals surface area (Å²) in [6.07, 6.45) is 9.63. The maximum absolute atomic E-state index is 13.6. The van der Waals surface area contributed by atoms with E-state index in [0.717, 1.165) is 50.8 Å². The molecule has 0 radical (unpaired) electrons. The van der Waals surface area contributed by atoms with Crippen molar-refractivity contribution in [2.45, 2.75) is 89.5 Å². The van der Waals surface area contributed by atoms with Crippen molar-refractivity contribution in [3.63, 3.8) is 0 Å². The average molecular weight is 500 g/mol.